The Labute approximate surface area is 263 Å². The van der Waals surface area contributed by atoms with Gasteiger partial charge in [-0.15, -0.1) is 5.10 Å². The van der Waals surface area contributed by atoms with E-state index in [2.05, 4.69) is 31.0 Å². The van der Waals surface area contributed by atoms with E-state index in [4.69, 9.17) is 9.47 Å². The first-order valence-corrected chi connectivity index (χ1v) is 14.8. The molecule has 0 atom stereocenters. The lowest BCUT2D eigenvalue weighted by Crippen LogP contribution is -2.37. The zero-order valence-electron chi connectivity index (χ0n) is 25.9. The Morgan fingerprint density at radius 3 is 2.57 bits per heavy atom. The summed E-state index contributed by atoms with van der Waals surface area (Å²) in [6.45, 7) is 8.26. The highest BCUT2D eigenvalue weighted by molar-refractivity contribution is 5.93. The molecule has 248 valence electrons. The minimum atomic E-state index is -4.80. The molecule has 1 aliphatic rings. The topological polar surface area (TPSA) is 152 Å². The predicted octanol–water partition coefficient (Wildman–Crippen LogP) is 3.74. The van der Waals surface area contributed by atoms with Crippen molar-refractivity contribution in [3.63, 3.8) is 0 Å². The summed E-state index contributed by atoms with van der Waals surface area (Å²) < 4.78 is 54.4. The van der Waals surface area contributed by atoms with Gasteiger partial charge in [0.25, 0.3) is 0 Å². The predicted molar refractivity (Wildman–Crippen MR) is 163 cm³/mol. The third kappa shape index (κ3) is 9.47. The molecular formula is C30H37F3N8O5. The van der Waals surface area contributed by atoms with E-state index in [9.17, 15) is 27.6 Å². The zero-order chi connectivity index (χ0) is 33.3. The number of carbonyl (C=O) groups is 3. The number of ether oxygens (including phenoxy) is 2. The van der Waals surface area contributed by atoms with Crippen LogP contribution in [-0.4, -0.2) is 83.4 Å². The Bertz CT molecular complexity index is 1580. The van der Waals surface area contributed by atoms with Crippen molar-refractivity contribution in [1.82, 2.24) is 30.2 Å². The second-order valence-electron chi connectivity index (χ2n) is 10.7. The number of allylic oxidation sites excluding steroid dienone is 2. The van der Waals surface area contributed by atoms with Gasteiger partial charge < -0.3 is 25.0 Å². The van der Waals surface area contributed by atoms with E-state index in [0.717, 1.165) is 23.4 Å². The number of aromatic nitrogens is 4. The van der Waals surface area contributed by atoms with Crippen LogP contribution < -0.4 is 20.9 Å². The van der Waals surface area contributed by atoms with E-state index in [1.165, 1.54) is 10.6 Å². The Morgan fingerprint density at radius 2 is 1.87 bits per heavy atom. The number of hydrogen-bond acceptors (Lipinski definition) is 10. The standard InChI is InChI=1S/C30H37F3N8O5/c1-4-46-29(44)37-25-15-23(30(31,32)33)22(17-36-25)27-38-28(40-9-11-45-12-10-40)24-14-20(18-41(24)39-27)16-34-7-8-35-26(43)6-5-21(42)13-19(2)3/h13-15,17-18,34H,4-12,16H2,1-3H3,(H,35,43)(H,36,37,44). The summed E-state index contributed by atoms with van der Waals surface area (Å²) >= 11 is 0. The highest BCUT2D eigenvalue weighted by Gasteiger charge is 2.36. The molecule has 13 nitrogen and oxygen atoms in total. The van der Waals surface area contributed by atoms with Gasteiger partial charge in [-0.3, -0.25) is 14.9 Å². The molecule has 0 aliphatic carbocycles. The van der Waals surface area contributed by atoms with E-state index >= 15 is 0 Å². The number of anilines is 2. The molecule has 0 bridgehead atoms. The third-order valence-corrected chi connectivity index (χ3v) is 6.77. The summed E-state index contributed by atoms with van der Waals surface area (Å²) in [4.78, 5) is 46.1. The molecule has 3 aromatic heterocycles. The van der Waals surface area contributed by atoms with Gasteiger partial charge in [-0.1, -0.05) is 5.57 Å². The zero-order valence-corrected chi connectivity index (χ0v) is 25.9. The van der Waals surface area contributed by atoms with Gasteiger partial charge in [-0.2, -0.15) is 13.2 Å². The molecule has 1 aliphatic heterocycles. The van der Waals surface area contributed by atoms with Crippen molar-refractivity contribution in [1.29, 1.82) is 0 Å². The number of amides is 2. The van der Waals surface area contributed by atoms with Gasteiger partial charge in [0.15, 0.2) is 17.4 Å². The fourth-order valence-electron chi connectivity index (χ4n) is 4.71. The van der Waals surface area contributed by atoms with Crippen LogP contribution in [0.2, 0.25) is 0 Å². The minimum absolute atomic E-state index is 0.0411. The Hall–Kier alpha value is -4.57. The first-order chi connectivity index (χ1) is 21.9. The number of nitrogens with zero attached hydrogens (tertiary/aromatic N) is 5. The van der Waals surface area contributed by atoms with Gasteiger partial charge >= 0.3 is 12.3 Å². The Balaban J connectivity index is 1.52. The Morgan fingerprint density at radius 1 is 1.11 bits per heavy atom. The van der Waals surface area contributed by atoms with Crippen molar-refractivity contribution < 1.29 is 37.0 Å². The van der Waals surface area contributed by atoms with Crippen LogP contribution in [0.3, 0.4) is 0 Å². The molecular weight excluding hydrogens is 609 g/mol. The highest BCUT2D eigenvalue weighted by atomic mass is 19.4. The van der Waals surface area contributed by atoms with Crippen LogP contribution in [0, 0.1) is 0 Å². The summed E-state index contributed by atoms with van der Waals surface area (Å²) in [5, 5.41) is 12.6. The van der Waals surface area contributed by atoms with Crippen molar-refractivity contribution in [2.24, 2.45) is 0 Å². The number of ketones is 1. The second kappa shape index (κ2) is 15.6. The lowest BCUT2D eigenvalue weighted by Gasteiger charge is -2.28. The van der Waals surface area contributed by atoms with Gasteiger partial charge in [-0.05, 0) is 44.5 Å². The maximum absolute atomic E-state index is 14.2. The van der Waals surface area contributed by atoms with Gasteiger partial charge in [0.05, 0.1) is 30.9 Å². The van der Waals surface area contributed by atoms with Crippen LogP contribution in [0.15, 0.2) is 36.2 Å². The van der Waals surface area contributed by atoms with Crippen molar-refractivity contribution in [2.45, 2.75) is 46.3 Å². The normalized spacial score (nSPS) is 13.4. The number of rotatable bonds is 13. The number of hydrogen-bond donors (Lipinski definition) is 3. The summed E-state index contributed by atoms with van der Waals surface area (Å²) in [6.07, 6.45) is -1.29. The van der Waals surface area contributed by atoms with Crippen molar-refractivity contribution in [3.8, 4) is 11.4 Å². The maximum atomic E-state index is 14.2. The van der Waals surface area contributed by atoms with Gasteiger partial charge in [0.1, 0.15) is 11.3 Å². The average molecular weight is 647 g/mol. The lowest BCUT2D eigenvalue weighted by molar-refractivity contribution is -0.137. The fourth-order valence-corrected chi connectivity index (χ4v) is 4.71. The molecule has 0 unspecified atom stereocenters. The van der Waals surface area contributed by atoms with Crippen molar-refractivity contribution in [3.05, 3.63) is 47.3 Å². The molecule has 0 saturated carbocycles. The number of morpholine rings is 1. The van der Waals surface area contributed by atoms with Gasteiger partial charge in [-0.25, -0.2) is 19.3 Å². The van der Waals surface area contributed by atoms with Crippen LogP contribution in [0.1, 0.15) is 44.7 Å². The van der Waals surface area contributed by atoms with E-state index in [-0.39, 0.29) is 48.3 Å². The summed E-state index contributed by atoms with van der Waals surface area (Å²) in [5.41, 5.74) is 0.847. The maximum Gasteiger partial charge on any atom is 0.417 e. The monoisotopic (exact) mass is 646 g/mol. The van der Waals surface area contributed by atoms with Crippen LogP contribution >= 0.6 is 0 Å². The van der Waals surface area contributed by atoms with Gasteiger partial charge in [0.2, 0.25) is 5.91 Å². The SMILES string of the molecule is CCOC(=O)Nc1cc(C(F)(F)F)c(-c2nc(N3CCOCC3)c3cc(CNCCNC(=O)CCC(=O)C=C(C)C)cn3n2)cn1. The van der Waals surface area contributed by atoms with Crippen molar-refractivity contribution >= 4 is 34.9 Å². The quantitative estimate of drug-likeness (QED) is 0.185. The van der Waals surface area contributed by atoms with Crippen LogP contribution in [0.25, 0.3) is 16.9 Å². The van der Waals surface area contributed by atoms with Crippen molar-refractivity contribution in [2.75, 3.05) is 56.2 Å². The van der Waals surface area contributed by atoms with E-state index < -0.39 is 17.8 Å². The van der Waals surface area contributed by atoms with Crippen LogP contribution in [-0.2, 0) is 31.8 Å². The van der Waals surface area contributed by atoms with E-state index in [0.29, 0.717) is 57.3 Å². The molecule has 2 amide bonds. The lowest BCUT2D eigenvalue weighted by atomic mass is 10.1. The number of nitrogens with one attached hydrogen (secondary N) is 3. The summed E-state index contributed by atoms with van der Waals surface area (Å²) in [6, 6.07) is 2.57. The number of halogens is 3. The smallest absolute Gasteiger partial charge is 0.417 e. The molecule has 0 radical (unpaired) electrons. The molecule has 0 spiro atoms. The first kappa shape index (κ1) is 34.3. The number of carbonyl (C=O) groups excluding carboxylic acids is 3. The molecule has 4 heterocycles. The van der Waals surface area contributed by atoms with Crippen LogP contribution in [0.5, 0.6) is 0 Å². The number of pyridine rings is 1. The minimum Gasteiger partial charge on any atom is -0.450 e. The van der Waals surface area contributed by atoms with E-state index in [1.54, 1.807) is 13.1 Å². The average Bonchev–Trinajstić information content (AvgIpc) is 3.42. The number of alkyl halides is 3. The molecule has 46 heavy (non-hydrogen) atoms. The molecule has 16 heteroatoms. The highest BCUT2D eigenvalue weighted by Crippen LogP contribution is 2.37. The number of fused-ring (bicyclic) bond motifs is 1. The molecule has 0 aromatic carbocycles. The molecule has 1 saturated heterocycles. The largest absolute Gasteiger partial charge is 0.450 e. The molecule has 3 N–H and O–H groups in total. The molecule has 1 fully saturated rings. The third-order valence-electron chi connectivity index (χ3n) is 6.77. The molecule has 3 aromatic rings. The Kier molecular flexibility index (Phi) is 11.7. The summed E-state index contributed by atoms with van der Waals surface area (Å²) in [7, 11) is 0. The molecule has 4 rings (SSSR count). The second-order valence-corrected chi connectivity index (χ2v) is 10.7. The first-order valence-electron chi connectivity index (χ1n) is 14.8. The summed E-state index contributed by atoms with van der Waals surface area (Å²) in [5.74, 6) is -0.395. The van der Waals surface area contributed by atoms with Crippen LogP contribution in [0.4, 0.5) is 29.6 Å². The fraction of sp³-hybridized carbons (Fsp3) is 0.467. The van der Waals surface area contributed by atoms with E-state index in [1.807, 2.05) is 24.8 Å². The van der Waals surface area contributed by atoms with Gasteiger partial charge in [0, 0.05) is 58.0 Å².